The summed E-state index contributed by atoms with van der Waals surface area (Å²) < 4.78 is 1.75. The molecule has 0 bridgehead atoms. The van der Waals surface area contributed by atoms with E-state index in [-0.39, 0.29) is 17.7 Å². The van der Waals surface area contributed by atoms with Crippen LogP contribution in [0, 0.1) is 5.92 Å². The Hall–Kier alpha value is -2.44. The van der Waals surface area contributed by atoms with Crippen molar-refractivity contribution in [3.63, 3.8) is 0 Å². The van der Waals surface area contributed by atoms with E-state index in [0.717, 1.165) is 38.8 Å². The highest BCUT2D eigenvalue weighted by atomic mass is 16.2. The Balaban J connectivity index is 1.37. The van der Waals surface area contributed by atoms with Gasteiger partial charge in [-0.05, 0) is 38.2 Å². The monoisotopic (exact) mass is 341 g/mol. The molecule has 2 aromatic rings. The van der Waals surface area contributed by atoms with Crippen LogP contribution in [0.3, 0.4) is 0 Å². The van der Waals surface area contributed by atoms with Gasteiger partial charge in [0.25, 0.3) is 5.91 Å². The fraction of sp³-hybridized carbons (Fsp3) is 0.556. The third-order valence-electron chi connectivity index (χ3n) is 5.25. The lowest BCUT2D eigenvalue weighted by molar-refractivity contribution is -0.137. The number of carbonyl (C=O) groups excluding carboxylic acids is 2. The smallest absolute Gasteiger partial charge is 0.274 e. The second-order valence-corrected chi connectivity index (χ2v) is 6.91. The number of hydrogen-bond donors (Lipinski definition) is 0. The molecule has 4 rings (SSSR count). The number of likely N-dealkylation sites (tertiary alicyclic amines) is 2. The molecule has 2 amide bonds. The van der Waals surface area contributed by atoms with Gasteiger partial charge < -0.3 is 9.80 Å². The molecule has 132 valence electrons. The molecular weight excluding hydrogens is 318 g/mol. The summed E-state index contributed by atoms with van der Waals surface area (Å²) in [6, 6.07) is 1.81. The van der Waals surface area contributed by atoms with Crippen LogP contribution in [-0.4, -0.2) is 62.2 Å². The number of rotatable bonds is 2. The Morgan fingerprint density at radius 1 is 1.00 bits per heavy atom. The molecule has 0 atom stereocenters. The normalized spacial score (nSPS) is 19.4. The molecule has 25 heavy (non-hydrogen) atoms. The van der Waals surface area contributed by atoms with Gasteiger partial charge in [-0.1, -0.05) is 0 Å². The molecule has 4 heterocycles. The molecule has 0 aromatic carbocycles. The molecular formula is C18H23N5O2. The maximum Gasteiger partial charge on any atom is 0.274 e. The summed E-state index contributed by atoms with van der Waals surface area (Å²) in [7, 11) is 0. The van der Waals surface area contributed by atoms with Crippen LogP contribution in [-0.2, 0) is 4.79 Å². The van der Waals surface area contributed by atoms with Crippen LogP contribution in [0.4, 0.5) is 0 Å². The zero-order valence-corrected chi connectivity index (χ0v) is 14.3. The van der Waals surface area contributed by atoms with Crippen molar-refractivity contribution < 1.29 is 9.59 Å². The number of aromatic nitrogens is 3. The first-order valence-corrected chi connectivity index (χ1v) is 9.10. The van der Waals surface area contributed by atoms with Crippen LogP contribution < -0.4 is 0 Å². The van der Waals surface area contributed by atoms with Crippen LogP contribution in [0.25, 0.3) is 5.78 Å². The number of imidazole rings is 1. The quantitative estimate of drug-likeness (QED) is 0.832. The fourth-order valence-electron chi connectivity index (χ4n) is 3.80. The zero-order chi connectivity index (χ0) is 17.2. The SMILES string of the molecule is O=C(c1cn2cccnc2n1)N1CCC(C(=O)N2CCCCC2)CC1. The van der Waals surface area contributed by atoms with E-state index in [9.17, 15) is 9.59 Å². The molecule has 0 saturated carbocycles. The summed E-state index contributed by atoms with van der Waals surface area (Å²) in [5.41, 5.74) is 0.416. The Kier molecular flexibility index (Phi) is 4.38. The third-order valence-corrected chi connectivity index (χ3v) is 5.25. The summed E-state index contributed by atoms with van der Waals surface area (Å²) in [5, 5.41) is 0. The summed E-state index contributed by atoms with van der Waals surface area (Å²) in [4.78, 5) is 37.6. The number of hydrogen-bond acceptors (Lipinski definition) is 4. The molecule has 7 heteroatoms. The predicted octanol–water partition coefficient (Wildman–Crippen LogP) is 1.59. The Labute approximate surface area is 146 Å². The Morgan fingerprint density at radius 3 is 2.48 bits per heavy atom. The average Bonchev–Trinajstić information content (AvgIpc) is 3.12. The van der Waals surface area contributed by atoms with Gasteiger partial charge in [-0.15, -0.1) is 0 Å². The standard InChI is InChI=1S/C18H23N5O2/c24-16(21-8-2-1-3-9-21)14-5-11-22(12-6-14)17(25)15-13-23-10-4-7-19-18(23)20-15/h4,7,10,13-14H,1-3,5-6,8-9,11-12H2. The zero-order valence-electron chi connectivity index (χ0n) is 14.3. The molecule has 2 aromatic heterocycles. The van der Waals surface area contributed by atoms with Gasteiger partial charge in [0.15, 0.2) is 0 Å². The molecule has 0 spiro atoms. The van der Waals surface area contributed by atoms with E-state index in [1.807, 2.05) is 16.0 Å². The minimum Gasteiger partial charge on any atom is -0.342 e. The van der Waals surface area contributed by atoms with Crippen molar-refractivity contribution in [2.75, 3.05) is 26.2 Å². The highest BCUT2D eigenvalue weighted by Crippen LogP contribution is 2.23. The van der Waals surface area contributed by atoms with Crippen LogP contribution in [0.5, 0.6) is 0 Å². The largest absolute Gasteiger partial charge is 0.342 e. The van der Waals surface area contributed by atoms with Gasteiger partial charge in [0, 0.05) is 50.7 Å². The van der Waals surface area contributed by atoms with Crippen molar-refractivity contribution in [1.29, 1.82) is 0 Å². The Morgan fingerprint density at radius 2 is 1.76 bits per heavy atom. The molecule has 7 nitrogen and oxygen atoms in total. The first-order valence-electron chi connectivity index (χ1n) is 9.10. The number of nitrogens with zero attached hydrogens (tertiary/aromatic N) is 5. The lowest BCUT2D eigenvalue weighted by atomic mass is 9.94. The van der Waals surface area contributed by atoms with Gasteiger partial charge >= 0.3 is 0 Å². The van der Waals surface area contributed by atoms with E-state index < -0.39 is 0 Å². The summed E-state index contributed by atoms with van der Waals surface area (Å²) >= 11 is 0. The summed E-state index contributed by atoms with van der Waals surface area (Å²) in [5.74, 6) is 0.795. The number of fused-ring (bicyclic) bond motifs is 1. The molecule has 2 aliphatic heterocycles. The molecule has 0 unspecified atom stereocenters. The van der Waals surface area contributed by atoms with E-state index in [4.69, 9.17) is 0 Å². The number of piperidine rings is 2. The van der Waals surface area contributed by atoms with Gasteiger partial charge in [0.1, 0.15) is 5.69 Å². The van der Waals surface area contributed by atoms with Crippen LogP contribution in [0.15, 0.2) is 24.7 Å². The highest BCUT2D eigenvalue weighted by Gasteiger charge is 2.31. The summed E-state index contributed by atoms with van der Waals surface area (Å²) in [6.07, 6.45) is 10.2. The second-order valence-electron chi connectivity index (χ2n) is 6.91. The van der Waals surface area contributed by atoms with Crippen LogP contribution in [0.2, 0.25) is 0 Å². The summed E-state index contributed by atoms with van der Waals surface area (Å²) in [6.45, 7) is 3.02. The first-order chi connectivity index (χ1) is 12.2. The van der Waals surface area contributed by atoms with Gasteiger partial charge in [0.2, 0.25) is 11.7 Å². The Bertz CT molecular complexity index is 740. The van der Waals surface area contributed by atoms with Crippen molar-refractivity contribution in [2.24, 2.45) is 5.92 Å². The molecule has 2 saturated heterocycles. The average molecular weight is 341 g/mol. The van der Waals surface area contributed by atoms with Crippen molar-refractivity contribution >= 4 is 17.6 Å². The topological polar surface area (TPSA) is 70.8 Å². The van der Waals surface area contributed by atoms with E-state index in [0.29, 0.717) is 24.6 Å². The van der Waals surface area contributed by atoms with Crippen LogP contribution >= 0.6 is 0 Å². The fourth-order valence-corrected chi connectivity index (χ4v) is 3.80. The van der Waals surface area contributed by atoms with E-state index in [1.54, 1.807) is 22.9 Å². The predicted molar refractivity (Wildman–Crippen MR) is 92.0 cm³/mol. The van der Waals surface area contributed by atoms with E-state index in [2.05, 4.69) is 9.97 Å². The number of carbonyl (C=O) groups is 2. The van der Waals surface area contributed by atoms with Crippen molar-refractivity contribution in [3.8, 4) is 0 Å². The van der Waals surface area contributed by atoms with E-state index in [1.165, 1.54) is 6.42 Å². The molecule has 0 aliphatic carbocycles. The minimum atomic E-state index is -0.0747. The van der Waals surface area contributed by atoms with E-state index >= 15 is 0 Å². The van der Waals surface area contributed by atoms with Crippen molar-refractivity contribution in [3.05, 3.63) is 30.4 Å². The molecule has 2 aliphatic rings. The second kappa shape index (κ2) is 6.82. The molecule has 2 fully saturated rings. The molecule has 0 radical (unpaired) electrons. The molecule has 0 N–H and O–H groups in total. The maximum absolute atomic E-state index is 12.7. The van der Waals surface area contributed by atoms with Crippen LogP contribution in [0.1, 0.15) is 42.6 Å². The van der Waals surface area contributed by atoms with Crippen molar-refractivity contribution in [1.82, 2.24) is 24.2 Å². The van der Waals surface area contributed by atoms with Crippen molar-refractivity contribution in [2.45, 2.75) is 32.1 Å². The first kappa shape index (κ1) is 16.1. The van der Waals surface area contributed by atoms with Gasteiger partial charge in [-0.2, -0.15) is 0 Å². The lowest BCUT2D eigenvalue weighted by Crippen LogP contribution is -2.45. The minimum absolute atomic E-state index is 0.0601. The van der Waals surface area contributed by atoms with Gasteiger partial charge in [-0.25, -0.2) is 9.97 Å². The van der Waals surface area contributed by atoms with Gasteiger partial charge in [0.05, 0.1) is 0 Å². The lowest BCUT2D eigenvalue weighted by Gasteiger charge is -2.35. The number of amides is 2. The van der Waals surface area contributed by atoms with Gasteiger partial charge in [-0.3, -0.25) is 14.0 Å². The maximum atomic E-state index is 12.7. The third kappa shape index (κ3) is 3.23. The highest BCUT2D eigenvalue weighted by molar-refractivity contribution is 5.93.